The number of aryl methyl sites for hydroxylation is 1. The number of nitrogens with zero attached hydrogens (tertiary/aromatic N) is 2. The minimum absolute atomic E-state index is 0.259. The van der Waals surface area contributed by atoms with E-state index in [0.717, 1.165) is 6.07 Å². The highest BCUT2D eigenvalue weighted by Crippen LogP contribution is 2.35. The molecule has 0 aliphatic rings. The highest BCUT2D eigenvalue weighted by atomic mass is 79.9. The summed E-state index contributed by atoms with van der Waals surface area (Å²) in [5.74, 6) is 0.924. The Morgan fingerprint density at radius 1 is 1.22 bits per heavy atom. The molecule has 0 atom stereocenters. The summed E-state index contributed by atoms with van der Waals surface area (Å²) in [6.07, 6.45) is 1.27. The summed E-state index contributed by atoms with van der Waals surface area (Å²) < 4.78 is 35.6. The van der Waals surface area contributed by atoms with E-state index in [1.165, 1.54) is 39.5 Å². The Kier molecular flexibility index (Phi) is 6.39. The molecule has 0 unspecified atom stereocenters. The highest BCUT2D eigenvalue weighted by molar-refractivity contribution is 9.10. The number of hydrogen-bond donors (Lipinski definition) is 1. The van der Waals surface area contributed by atoms with Gasteiger partial charge in [-0.2, -0.15) is 13.5 Å². The van der Waals surface area contributed by atoms with E-state index in [2.05, 4.69) is 21.0 Å². The van der Waals surface area contributed by atoms with E-state index < -0.39 is 14.9 Å². The molecular weight excluding hydrogens is 442 g/mol. The number of halogens is 1. The molecule has 0 radical (unpaired) electrons. The molecule has 2 aromatic rings. The second-order valence-electron chi connectivity index (χ2n) is 5.30. The lowest BCUT2D eigenvalue weighted by molar-refractivity contribution is -0.385. The average molecular weight is 458 g/mol. The second kappa shape index (κ2) is 8.35. The van der Waals surface area contributed by atoms with Crippen molar-refractivity contribution in [1.29, 1.82) is 0 Å². The highest BCUT2D eigenvalue weighted by Gasteiger charge is 2.19. The first kappa shape index (κ1) is 20.6. The average Bonchev–Trinajstić information content (AvgIpc) is 2.60. The maximum absolute atomic E-state index is 12.3. The summed E-state index contributed by atoms with van der Waals surface area (Å²) in [6.45, 7) is 1.52. The summed E-state index contributed by atoms with van der Waals surface area (Å²) in [5.41, 5.74) is 0.611. The first-order chi connectivity index (χ1) is 12.7. The van der Waals surface area contributed by atoms with E-state index in [-0.39, 0.29) is 10.6 Å². The van der Waals surface area contributed by atoms with Gasteiger partial charge in [-0.25, -0.2) is 4.83 Å². The van der Waals surface area contributed by atoms with E-state index in [0.29, 0.717) is 27.1 Å². The van der Waals surface area contributed by atoms with Crippen LogP contribution in [0.1, 0.15) is 11.1 Å². The van der Waals surface area contributed by atoms with Crippen LogP contribution in [0.25, 0.3) is 0 Å². The molecule has 0 aromatic heterocycles. The first-order valence-corrected chi connectivity index (χ1v) is 9.68. The van der Waals surface area contributed by atoms with Crippen LogP contribution in [-0.4, -0.2) is 33.8 Å². The summed E-state index contributed by atoms with van der Waals surface area (Å²) in [7, 11) is -1.10. The lowest BCUT2D eigenvalue weighted by atomic mass is 10.2. The van der Waals surface area contributed by atoms with Gasteiger partial charge in [-0.1, -0.05) is 6.07 Å². The van der Waals surface area contributed by atoms with Crippen molar-refractivity contribution in [2.24, 2.45) is 5.10 Å². The van der Waals surface area contributed by atoms with Crippen molar-refractivity contribution in [2.45, 2.75) is 11.8 Å². The quantitative estimate of drug-likeness (QED) is 0.387. The molecule has 0 bridgehead atoms. The number of ether oxygens (including phenoxy) is 2. The van der Waals surface area contributed by atoms with Crippen LogP contribution in [0.15, 0.2) is 44.8 Å². The molecule has 11 heteroatoms. The predicted octanol–water partition coefficient (Wildman–Crippen LogP) is 3.00. The topological polar surface area (TPSA) is 120 Å². The fourth-order valence-corrected chi connectivity index (χ4v) is 3.62. The van der Waals surface area contributed by atoms with Crippen LogP contribution in [0.2, 0.25) is 0 Å². The lowest BCUT2D eigenvalue weighted by Gasteiger charge is -2.10. The summed E-state index contributed by atoms with van der Waals surface area (Å²) in [6, 6.07) is 6.89. The number of hydrazone groups is 1. The molecule has 0 heterocycles. The van der Waals surface area contributed by atoms with Gasteiger partial charge in [0.1, 0.15) is 0 Å². The smallest absolute Gasteiger partial charge is 0.276 e. The third-order valence-electron chi connectivity index (χ3n) is 3.53. The Labute approximate surface area is 164 Å². The molecular formula is C16H16BrN3O6S. The first-order valence-electron chi connectivity index (χ1n) is 7.41. The Morgan fingerprint density at radius 2 is 1.93 bits per heavy atom. The molecule has 0 aliphatic heterocycles. The Balaban J connectivity index is 2.26. The van der Waals surface area contributed by atoms with Gasteiger partial charge in [0, 0.05) is 11.6 Å². The summed E-state index contributed by atoms with van der Waals surface area (Å²) >= 11 is 3.33. The van der Waals surface area contributed by atoms with Crippen molar-refractivity contribution in [3.63, 3.8) is 0 Å². The van der Waals surface area contributed by atoms with Gasteiger partial charge in [0.15, 0.2) is 11.5 Å². The molecule has 2 rings (SSSR count). The molecule has 0 amide bonds. The molecule has 0 saturated carbocycles. The maximum Gasteiger partial charge on any atom is 0.276 e. The molecule has 27 heavy (non-hydrogen) atoms. The zero-order chi connectivity index (χ0) is 20.2. The molecule has 9 nitrogen and oxygen atoms in total. The van der Waals surface area contributed by atoms with Gasteiger partial charge in [-0.15, -0.1) is 0 Å². The SMILES string of the molecule is COc1cc(/C=N\NS(=O)(=O)c2ccc(C)c([N+](=O)[O-])c2)cc(Br)c1OC. The van der Waals surface area contributed by atoms with E-state index >= 15 is 0 Å². The van der Waals surface area contributed by atoms with Crippen molar-refractivity contribution in [1.82, 2.24) is 4.83 Å². The van der Waals surface area contributed by atoms with E-state index in [1.54, 1.807) is 12.1 Å². The summed E-state index contributed by atoms with van der Waals surface area (Å²) in [4.78, 5) is 12.1. The monoisotopic (exact) mass is 457 g/mol. The van der Waals surface area contributed by atoms with E-state index in [4.69, 9.17) is 9.47 Å². The number of benzene rings is 2. The fraction of sp³-hybridized carbons (Fsp3) is 0.188. The Morgan fingerprint density at radius 3 is 2.52 bits per heavy atom. The molecule has 144 valence electrons. The van der Waals surface area contributed by atoms with E-state index in [1.807, 2.05) is 4.83 Å². The van der Waals surface area contributed by atoms with Gasteiger partial charge in [-0.05, 0) is 46.6 Å². The van der Waals surface area contributed by atoms with Crippen LogP contribution in [0.4, 0.5) is 5.69 Å². The second-order valence-corrected chi connectivity index (χ2v) is 7.81. The molecule has 2 aromatic carbocycles. The zero-order valence-corrected chi connectivity index (χ0v) is 17.0. The molecule has 1 N–H and O–H groups in total. The number of methoxy groups -OCH3 is 2. The van der Waals surface area contributed by atoms with Gasteiger partial charge in [0.25, 0.3) is 15.7 Å². The Bertz CT molecular complexity index is 1010. The van der Waals surface area contributed by atoms with Gasteiger partial charge in [-0.3, -0.25) is 10.1 Å². The van der Waals surface area contributed by atoms with Crippen molar-refractivity contribution in [2.75, 3.05) is 14.2 Å². The third kappa shape index (κ3) is 4.74. The van der Waals surface area contributed by atoms with Crippen molar-refractivity contribution in [3.8, 4) is 11.5 Å². The van der Waals surface area contributed by atoms with Crippen LogP contribution in [0.3, 0.4) is 0 Å². The number of rotatable bonds is 7. The molecule has 0 saturated heterocycles. The van der Waals surface area contributed by atoms with Crippen molar-refractivity contribution < 1.29 is 22.8 Å². The van der Waals surface area contributed by atoms with Crippen LogP contribution < -0.4 is 14.3 Å². The minimum atomic E-state index is -4.06. The van der Waals surface area contributed by atoms with Crippen LogP contribution in [0, 0.1) is 17.0 Å². The largest absolute Gasteiger partial charge is 0.493 e. The van der Waals surface area contributed by atoms with Crippen LogP contribution in [-0.2, 0) is 10.0 Å². The molecule has 0 fully saturated rings. The van der Waals surface area contributed by atoms with Crippen LogP contribution in [0.5, 0.6) is 11.5 Å². The lowest BCUT2D eigenvalue weighted by Crippen LogP contribution is -2.18. The normalized spacial score (nSPS) is 11.4. The number of hydrogen-bond acceptors (Lipinski definition) is 7. The van der Waals surface area contributed by atoms with Crippen molar-refractivity contribution in [3.05, 3.63) is 56.0 Å². The number of nitro groups is 1. The fourth-order valence-electron chi connectivity index (χ4n) is 2.19. The third-order valence-corrected chi connectivity index (χ3v) is 5.34. The number of nitrogens with one attached hydrogen (secondary N) is 1. The van der Waals surface area contributed by atoms with Gasteiger partial charge < -0.3 is 9.47 Å². The number of sulfonamides is 1. The molecule has 0 aliphatic carbocycles. The zero-order valence-electron chi connectivity index (χ0n) is 14.6. The standard InChI is InChI=1S/C16H16BrN3O6S/c1-10-4-5-12(8-14(10)20(21)22)27(23,24)19-18-9-11-6-13(17)16(26-3)15(7-11)25-2/h4-9,19H,1-3H3/b18-9-. The van der Waals surface area contributed by atoms with Crippen LogP contribution >= 0.6 is 15.9 Å². The Hall–Kier alpha value is -2.66. The number of nitro benzene ring substituents is 1. The maximum atomic E-state index is 12.3. The minimum Gasteiger partial charge on any atom is -0.493 e. The van der Waals surface area contributed by atoms with Gasteiger partial charge in [0.2, 0.25) is 0 Å². The predicted molar refractivity (Wildman–Crippen MR) is 103 cm³/mol. The van der Waals surface area contributed by atoms with Crippen molar-refractivity contribution >= 4 is 37.9 Å². The summed E-state index contributed by atoms with van der Waals surface area (Å²) in [5, 5.41) is 14.7. The van der Waals surface area contributed by atoms with Gasteiger partial charge in [0.05, 0.1) is 34.7 Å². The van der Waals surface area contributed by atoms with Gasteiger partial charge >= 0.3 is 0 Å². The van der Waals surface area contributed by atoms with E-state index in [9.17, 15) is 18.5 Å². The molecule has 0 spiro atoms.